The molecule has 124 valence electrons. The number of carbonyl (C=O) groups excluding carboxylic acids is 1. The third kappa shape index (κ3) is 2.93. The van der Waals surface area contributed by atoms with Gasteiger partial charge in [-0.05, 0) is 30.4 Å². The molecule has 3 aliphatic rings. The highest BCUT2D eigenvalue weighted by molar-refractivity contribution is 6.31. The van der Waals surface area contributed by atoms with E-state index in [0.717, 1.165) is 24.3 Å². The molecule has 23 heavy (non-hydrogen) atoms. The SMILES string of the molecule is O=C(NC1CC(c2ccccc2Cl)C1)N1CCC2(C1)OCCO2. The Bertz CT molecular complexity index is 597. The predicted octanol–water partition coefficient (Wildman–Crippen LogP) is 2.74. The number of hydrogen-bond donors (Lipinski definition) is 1. The van der Waals surface area contributed by atoms with E-state index in [1.54, 1.807) is 4.90 Å². The molecule has 5 nitrogen and oxygen atoms in total. The fourth-order valence-corrected chi connectivity index (χ4v) is 4.01. The standard InChI is InChI=1S/C17H21ClN2O3/c18-15-4-2-1-3-14(15)12-9-13(10-12)19-16(21)20-6-5-17(11-20)22-7-8-23-17/h1-4,12-13H,5-11H2,(H,19,21). The summed E-state index contributed by atoms with van der Waals surface area (Å²) in [6, 6.07) is 8.17. The molecule has 0 unspecified atom stereocenters. The Morgan fingerprint density at radius 2 is 2.00 bits per heavy atom. The van der Waals surface area contributed by atoms with E-state index in [1.165, 1.54) is 5.56 Å². The molecule has 3 fully saturated rings. The molecule has 4 rings (SSSR count). The molecule has 2 heterocycles. The van der Waals surface area contributed by atoms with Crippen LogP contribution >= 0.6 is 11.6 Å². The van der Waals surface area contributed by atoms with Gasteiger partial charge in [0.15, 0.2) is 5.79 Å². The highest BCUT2D eigenvalue weighted by Crippen LogP contribution is 2.40. The van der Waals surface area contributed by atoms with Gasteiger partial charge < -0.3 is 19.7 Å². The fraction of sp³-hybridized carbons (Fsp3) is 0.588. The summed E-state index contributed by atoms with van der Waals surface area (Å²) in [5.41, 5.74) is 1.19. The second-order valence-corrected chi connectivity index (χ2v) is 7.02. The van der Waals surface area contributed by atoms with Crippen LogP contribution in [0.3, 0.4) is 0 Å². The first-order chi connectivity index (χ1) is 11.2. The van der Waals surface area contributed by atoms with Crippen LogP contribution in [-0.2, 0) is 9.47 Å². The van der Waals surface area contributed by atoms with Gasteiger partial charge in [0.25, 0.3) is 0 Å². The first kappa shape index (κ1) is 15.2. The summed E-state index contributed by atoms with van der Waals surface area (Å²) in [5, 5.41) is 3.94. The van der Waals surface area contributed by atoms with Gasteiger partial charge >= 0.3 is 6.03 Å². The molecular weight excluding hydrogens is 316 g/mol. The highest BCUT2D eigenvalue weighted by Gasteiger charge is 2.45. The second kappa shape index (κ2) is 5.96. The molecule has 0 radical (unpaired) electrons. The third-order valence-electron chi connectivity index (χ3n) is 5.11. The Balaban J connectivity index is 1.28. The normalized spacial score (nSPS) is 28.8. The number of hydrogen-bond acceptors (Lipinski definition) is 3. The Hall–Kier alpha value is -1.30. The van der Waals surface area contributed by atoms with Crippen LogP contribution in [-0.4, -0.2) is 49.1 Å². The quantitative estimate of drug-likeness (QED) is 0.903. The maximum atomic E-state index is 12.4. The minimum Gasteiger partial charge on any atom is -0.346 e. The first-order valence-corrected chi connectivity index (χ1v) is 8.61. The van der Waals surface area contributed by atoms with E-state index in [-0.39, 0.29) is 12.1 Å². The van der Waals surface area contributed by atoms with Gasteiger partial charge in [-0.25, -0.2) is 4.79 Å². The van der Waals surface area contributed by atoms with Crippen LogP contribution in [0.15, 0.2) is 24.3 Å². The van der Waals surface area contributed by atoms with Crippen LogP contribution in [0.5, 0.6) is 0 Å². The maximum Gasteiger partial charge on any atom is 0.317 e. The molecule has 6 heteroatoms. The van der Waals surface area contributed by atoms with Crippen LogP contribution in [0.1, 0.15) is 30.7 Å². The molecule has 1 N–H and O–H groups in total. The molecule has 2 saturated heterocycles. The molecule has 2 aliphatic heterocycles. The van der Waals surface area contributed by atoms with Crippen molar-refractivity contribution >= 4 is 17.6 Å². The van der Waals surface area contributed by atoms with Gasteiger partial charge in [0.2, 0.25) is 0 Å². The Kier molecular flexibility index (Phi) is 3.95. The van der Waals surface area contributed by atoms with Crippen LogP contribution in [0.2, 0.25) is 5.02 Å². The Morgan fingerprint density at radius 1 is 1.26 bits per heavy atom. The van der Waals surface area contributed by atoms with Crippen molar-refractivity contribution in [3.63, 3.8) is 0 Å². The van der Waals surface area contributed by atoms with E-state index >= 15 is 0 Å². The monoisotopic (exact) mass is 336 g/mol. The van der Waals surface area contributed by atoms with Crippen LogP contribution < -0.4 is 5.32 Å². The number of urea groups is 1. The lowest BCUT2D eigenvalue weighted by Gasteiger charge is -2.37. The van der Waals surface area contributed by atoms with E-state index in [9.17, 15) is 4.79 Å². The van der Waals surface area contributed by atoms with Crippen molar-refractivity contribution in [2.24, 2.45) is 0 Å². The third-order valence-corrected chi connectivity index (χ3v) is 5.45. The van der Waals surface area contributed by atoms with Crippen molar-refractivity contribution in [2.45, 2.75) is 37.0 Å². The summed E-state index contributed by atoms with van der Waals surface area (Å²) >= 11 is 6.23. The van der Waals surface area contributed by atoms with Gasteiger partial charge in [0, 0.05) is 24.0 Å². The summed E-state index contributed by atoms with van der Waals surface area (Å²) in [6.07, 6.45) is 2.65. The molecular formula is C17H21ClN2O3. The zero-order valence-electron chi connectivity index (χ0n) is 13.0. The average molecular weight is 337 g/mol. The summed E-state index contributed by atoms with van der Waals surface area (Å²) in [7, 11) is 0. The Morgan fingerprint density at radius 3 is 2.74 bits per heavy atom. The number of carbonyl (C=O) groups is 1. The Labute approximate surface area is 140 Å². The van der Waals surface area contributed by atoms with Crippen molar-refractivity contribution in [1.29, 1.82) is 0 Å². The van der Waals surface area contributed by atoms with Crippen molar-refractivity contribution in [3.8, 4) is 0 Å². The van der Waals surface area contributed by atoms with Gasteiger partial charge in [-0.2, -0.15) is 0 Å². The molecule has 1 saturated carbocycles. The van der Waals surface area contributed by atoms with Gasteiger partial charge in [-0.1, -0.05) is 29.8 Å². The topological polar surface area (TPSA) is 50.8 Å². The second-order valence-electron chi connectivity index (χ2n) is 6.62. The summed E-state index contributed by atoms with van der Waals surface area (Å²) in [6.45, 7) is 2.46. The molecule has 0 atom stereocenters. The van der Waals surface area contributed by atoms with E-state index in [0.29, 0.717) is 32.2 Å². The van der Waals surface area contributed by atoms with Gasteiger partial charge in [-0.3, -0.25) is 0 Å². The zero-order chi connectivity index (χ0) is 15.9. The number of benzene rings is 1. The molecule has 0 bridgehead atoms. The van der Waals surface area contributed by atoms with Gasteiger partial charge in [0.05, 0.1) is 19.8 Å². The largest absolute Gasteiger partial charge is 0.346 e. The predicted molar refractivity (Wildman–Crippen MR) is 86.6 cm³/mol. The maximum absolute atomic E-state index is 12.4. The summed E-state index contributed by atoms with van der Waals surface area (Å²) in [4.78, 5) is 14.2. The van der Waals surface area contributed by atoms with Gasteiger partial charge in [0.1, 0.15) is 0 Å². The zero-order valence-corrected chi connectivity index (χ0v) is 13.7. The number of nitrogens with one attached hydrogen (secondary N) is 1. The fourth-order valence-electron chi connectivity index (χ4n) is 3.72. The smallest absolute Gasteiger partial charge is 0.317 e. The lowest BCUT2D eigenvalue weighted by molar-refractivity contribution is -0.143. The van der Waals surface area contributed by atoms with Crippen molar-refractivity contribution in [2.75, 3.05) is 26.3 Å². The molecule has 1 spiro atoms. The number of amides is 2. The van der Waals surface area contributed by atoms with Crippen LogP contribution in [0.4, 0.5) is 4.79 Å². The summed E-state index contributed by atoms with van der Waals surface area (Å²) < 4.78 is 11.3. The lowest BCUT2D eigenvalue weighted by atomic mass is 9.76. The minimum atomic E-state index is -0.545. The lowest BCUT2D eigenvalue weighted by Crippen LogP contribution is -2.49. The van der Waals surface area contributed by atoms with Crippen LogP contribution in [0.25, 0.3) is 0 Å². The van der Waals surface area contributed by atoms with E-state index < -0.39 is 5.79 Å². The summed E-state index contributed by atoms with van der Waals surface area (Å²) in [5.74, 6) is -0.0998. The number of halogens is 1. The number of ether oxygens (including phenoxy) is 2. The average Bonchev–Trinajstić information content (AvgIpc) is 3.14. The molecule has 2 amide bonds. The van der Waals surface area contributed by atoms with E-state index in [4.69, 9.17) is 21.1 Å². The number of rotatable bonds is 2. The first-order valence-electron chi connectivity index (χ1n) is 8.23. The molecule has 0 aromatic heterocycles. The molecule has 1 aromatic rings. The highest BCUT2D eigenvalue weighted by atomic mass is 35.5. The van der Waals surface area contributed by atoms with Gasteiger partial charge in [-0.15, -0.1) is 0 Å². The molecule has 1 aliphatic carbocycles. The number of likely N-dealkylation sites (tertiary alicyclic amines) is 1. The van der Waals surface area contributed by atoms with Crippen molar-refractivity contribution < 1.29 is 14.3 Å². The van der Waals surface area contributed by atoms with Crippen molar-refractivity contribution in [3.05, 3.63) is 34.9 Å². The molecule has 1 aromatic carbocycles. The number of nitrogens with zero attached hydrogens (tertiary/aromatic N) is 1. The van der Waals surface area contributed by atoms with Crippen molar-refractivity contribution in [1.82, 2.24) is 10.2 Å². The van der Waals surface area contributed by atoms with E-state index in [2.05, 4.69) is 11.4 Å². The van der Waals surface area contributed by atoms with E-state index in [1.807, 2.05) is 18.2 Å². The minimum absolute atomic E-state index is 0.0106. The van der Waals surface area contributed by atoms with Crippen LogP contribution in [0, 0.1) is 0 Å².